The number of ketones is 1. The van der Waals surface area contributed by atoms with Gasteiger partial charge in [0.25, 0.3) is 0 Å². The predicted molar refractivity (Wildman–Crippen MR) is 80.6 cm³/mol. The SMILES string of the molecule is CCc1ccc(CC)c(C(=O)COC(=O)c2ccc[nH]2)c1. The monoisotopic (exact) mass is 285 g/mol. The van der Waals surface area contributed by atoms with Gasteiger partial charge in [-0.05, 0) is 42.2 Å². The minimum absolute atomic E-state index is 0.165. The van der Waals surface area contributed by atoms with Crippen LogP contribution in [0.25, 0.3) is 0 Å². The van der Waals surface area contributed by atoms with Crippen LogP contribution in [-0.2, 0) is 17.6 Å². The number of benzene rings is 1. The number of aromatic amines is 1. The van der Waals surface area contributed by atoms with Crippen LogP contribution < -0.4 is 0 Å². The second-order valence-electron chi connectivity index (χ2n) is 4.78. The van der Waals surface area contributed by atoms with E-state index in [0.29, 0.717) is 11.3 Å². The molecule has 0 amide bonds. The van der Waals surface area contributed by atoms with Crippen LogP contribution in [0.2, 0.25) is 0 Å². The van der Waals surface area contributed by atoms with E-state index >= 15 is 0 Å². The van der Waals surface area contributed by atoms with Crippen molar-refractivity contribution in [3.63, 3.8) is 0 Å². The Morgan fingerprint density at radius 3 is 2.57 bits per heavy atom. The van der Waals surface area contributed by atoms with Crippen LogP contribution in [0, 0.1) is 0 Å². The highest BCUT2D eigenvalue weighted by Crippen LogP contribution is 2.15. The number of aromatic nitrogens is 1. The Hall–Kier alpha value is -2.36. The number of esters is 1. The number of carbonyl (C=O) groups excluding carboxylic acids is 2. The van der Waals surface area contributed by atoms with Crippen molar-refractivity contribution in [2.45, 2.75) is 26.7 Å². The van der Waals surface area contributed by atoms with Crippen molar-refractivity contribution in [1.82, 2.24) is 4.98 Å². The van der Waals surface area contributed by atoms with E-state index in [1.807, 2.05) is 32.0 Å². The van der Waals surface area contributed by atoms with E-state index in [0.717, 1.165) is 24.0 Å². The summed E-state index contributed by atoms with van der Waals surface area (Å²) in [7, 11) is 0. The molecule has 0 atom stereocenters. The molecule has 4 heteroatoms. The molecule has 2 rings (SSSR count). The number of Topliss-reactive ketones (excluding diaryl/α,β-unsaturated/α-hetero) is 1. The Balaban J connectivity index is 2.08. The molecule has 2 aromatic rings. The van der Waals surface area contributed by atoms with E-state index in [1.54, 1.807) is 18.3 Å². The average molecular weight is 285 g/mol. The quantitative estimate of drug-likeness (QED) is 0.655. The van der Waals surface area contributed by atoms with E-state index in [-0.39, 0.29) is 12.4 Å². The molecule has 0 bridgehead atoms. The lowest BCUT2D eigenvalue weighted by Gasteiger charge is -2.09. The average Bonchev–Trinajstić information content (AvgIpc) is 3.06. The van der Waals surface area contributed by atoms with Crippen LogP contribution in [0.5, 0.6) is 0 Å². The number of aryl methyl sites for hydroxylation is 2. The van der Waals surface area contributed by atoms with Gasteiger partial charge >= 0.3 is 5.97 Å². The maximum Gasteiger partial charge on any atom is 0.355 e. The molecule has 0 fully saturated rings. The molecule has 0 spiro atoms. The fourth-order valence-corrected chi connectivity index (χ4v) is 2.16. The standard InChI is InChI=1S/C17H19NO3/c1-3-12-7-8-13(4-2)14(10-12)16(19)11-21-17(20)15-6-5-9-18-15/h5-10,18H,3-4,11H2,1-2H3. The van der Waals surface area contributed by atoms with Crippen LogP contribution in [-0.4, -0.2) is 23.3 Å². The van der Waals surface area contributed by atoms with Crippen LogP contribution in [0.4, 0.5) is 0 Å². The van der Waals surface area contributed by atoms with Crippen molar-refractivity contribution in [2.24, 2.45) is 0 Å². The third-order valence-electron chi connectivity index (χ3n) is 3.42. The first kappa shape index (κ1) is 15.0. The van der Waals surface area contributed by atoms with Crippen molar-refractivity contribution < 1.29 is 14.3 Å². The number of rotatable bonds is 6. The lowest BCUT2D eigenvalue weighted by molar-refractivity contribution is 0.0469. The topological polar surface area (TPSA) is 59.2 Å². The van der Waals surface area contributed by atoms with Gasteiger partial charge in [0.1, 0.15) is 5.69 Å². The van der Waals surface area contributed by atoms with E-state index in [2.05, 4.69) is 4.98 Å². The second-order valence-corrected chi connectivity index (χ2v) is 4.78. The summed E-state index contributed by atoms with van der Waals surface area (Å²) in [4.78, 5) is 26.7. The Labute approximate surface area is 124 Å². The molecular weight excluding hydrogens is 266 g/mol. The number of H-pyrrole nitrogens is 1. The largest absolute Gasteiger partial charge is 0.453 e. The predicted octanol–water partition coefficient (Wildman–Crippen LogP) is 3.18. The molecule has 1 aromatic heterocycles. The van der Waals surface area contributed by atoms with Gasteiger partial charge in [-0.1, -0.05) is 26.0 Å². The first-order valence-electron chi connectivity index (χ1n) is 7.11. The van der Waals surface area contributed by atoms with Crippen LogP contribution in [0.3, 0.4) is 0 Å². The molecule has 0 aliphatic carbocycles. The van der Waals surface area contributed by atoms with Gasteiger partial charge in [-0.2, -0.15) is 0 Å². The fraction of sp³-hybridized carbons (Fsp3) is 0.294. The summed E-state index contributed by atoms with van der Waals surface area (Å²) in [6.07, 6.45) is 3.28. The van der Waals surface area contributed by atoms with Crippen LogP contribution in [0.15, 0.2) is 36.5 Å². The summed E-state index contributed by atoms with van der Waals surface area (Å²) < 4.78 is 5.06. The number of nitrogens with one attached hydrogen (secondary N) is 1. The number of ether oxygens (including phenoxy) is 1. The number of hydrogen-bond acceptors (Lipinski definition) is 3. The highest BCUT2D eigenvalue weighted by molar-refractivity contribution is 6.00. The molecule has 0 saturated heterocycles. The fourth-order valence-electron chi connectivity index (χ4n) is 2.16. The first-order valence-corrected chi connectivity index (χ1v) is 7.11. The van der Waals surface area contributed by atoms with Crippen molar-refractivity contribution in [2.75, 3.05) is 6.61 Å². The highest BCUT2D eigenvalue weighted by atomic mass is 16.5. The van der Waals surface area contributed by atoms with E-state index in [1.165, 1.54) is 0 Å². The summed E-state index contributed by atoms with van der Waals surface area (Å²) in [6, 6.07) is 9.21. The summed E-state index contributed by atoms with van der Waals surface area (Å²) in [5, 5.41) is 0. The molecule has 0 saturated carbocycles. The van der Waals surface area contributed by atoms with Crippen molar-refractivity contribution in [3.05, 3.63) is 58.9 Å². The van der Waals surface area contributed by atoms with Crippen molar-refractivity contribution >= 4 is 11.8 Å². The lowest BCUT2D eigenvalue weighted by atomic mass is 9.98. The molecule has 0 aliphatic heterocycles. The van der Waals surface area contributed by atoms with Gasteiger partial charge in [0.2, 0.25) is 5.78 Å². The molecule has 1 heterocycles. The molecule has 1 aromatic carbocycles. The van der Waals surface area contributed by atoms with Gasteiger partial charge in [0.05, 0.1) is 0 Å². The van der Waals surface area contributed by atoms with Crippen molar-refractivity contribution in [3.8, 4) is 0 Å². The van der Waals surface area contributed by atoms with Crippen LogP contribution >= 0.6 is 0 Å². The van der Waals surface area contributed by atoms with Gasteiger partial charge in [-0.15, -0.1) is 0 Å². The Kier molecular flexibility index (Phi) is 4.93. The smallest absolute Gasteiger partial charge is 0.355 e. The number of hydrogen-bond donors (Lipinski definition) is 1. The number of carbonyl (C=O) groups is 2. The third-order valence-corrected chi connectivity index (χ3v) is 3.42. The third kappa shape index (κ3) is 3.60. The Bertz CT molecular complexity index is 629. The van der Waals surface area contributed by atoms with Crippen molar-refractivity contribution in [1.29, 1.82) is 0 Å². The summed E-state index contributed by atoms with van der Waals surface area (Å²) >= 11 is 0. The zero-order valence-electron chi connectivity index (χ0n) is 12.3. The van der Waals surface area contributed by atoms with E-state index < -0.39 is 5.97 Å². The minimum atomic E-state index is -0.516. The molecule has 110 valence electrons. The maximum atomic E-state index is 12.3. The molecule has 0 aliphatic rings. The molecular formula is C17H19NO3. The van der Waals surface area contributed by atoms with E-state index in [9.17, 15) is 9.59 Å². The second kappa shape index (κ2) is 6.88. The molecule has 4 nitrogen and oxygen atoms in total. The van der Waals surface area contributed by atoms with Gasteiger partial charge < -0.3 is 9.72 Å². The minimum Gasteiger partial charge on any atom is -0.453 e. The summed E-state index contributed by atoms with van der Waals surface area (Å²) in [6.45, 7) is 3.81. The zero-order valence-corrected chi connectivity index (χ0v) is 12.3. The van der Waals surface area contributed by atoms with E-state index in [4.69, 9.17) is 4.74 Å². The maximum absolute atomic E-state index is 12.3. The van der Waals surface area contributed by atoms with Gasteiger partial charge in [-0.25, -0.2) is 4.79 Å². The Morgan fingerprint density at radius 1 is 1.14 bits per heavy atom. The summed E-state index contributed by atoms with van der Waals surface area (Å²) in [5.41, 5.74) is 3.08. The Morgan fingerprint density at radius 2 is 1.95 bits per heavy atom. The lowest BCUT2D eigenvalue weighted by Crippen LogP contribution is -2.16. The molecule has 21 heavy (non-hydrogen) atoms. The first-order chi connectivity index (χ1) is 10.2. The molecule has 0 radical (unpaired) electrons. The summed E-state index contributed by atoms with van der Waals surface area (Å²) in [5.74, 6) is -0.680. The normalized spacial score (nSPS) is 10.4. The molecule has 1 N–H and O–H groups in total. The molecule has 0 unspecified atom stereocenters. The zero-order chi connectivity index (χ0) is 15.2. The van der Waals surface area contributed by atoms with Crippen LogP contribution in [0.1, 0.15) is 45.8 Å². The van der Waals surface area contributed by atoms with Gasteiger partial charge in [0, 0.05) is 11.8 Å². The highest BCUT2D eigenvalue weighted by Gasteiger charge is 2.15. The van der Waals surface area contributed by atoms with Gasteiger partial charge in [-0.3, -0.25) is 4.79 Å². The van der Waals surface area contributed by atoms with Gasteiger partial charge in [0.15, 0.2) is 6.61 Å².